The zero-order valence-corrected chi connectivity index (χ0v) is 13.4. The first-order chi connectivity index (χ1) is 11.5. The largest absolute Gasteiger partial charge is 0.573 e. The third-order valence-electron chi connectivity index (χ3n) is 4.45. The van der Waals surface area contributed by atoms with E-state index in [1.807, 2.05) is 0 Å². The number of nitrogens with one attached hydrogen (secondary N) is 1. The van der Waals surface area contributed by atoms with Crippen LogP contribution in [0.5, 0.6) is 5.75 Å². The van der Waals surface area contributed by atoms with Crippen LogP contribution in [0.25, 0.3) is 0 Å². The van der Waals surface area contributed by atoms with Crippen LogP contribution >= 0.6 is 0 Å². The fourth-order valence-corrected chi connectivity index (χ4v) is 3.22. The number of nitrogens with zero attached hydrogens (tertiary/aromatic N) is 2. The molecule has 1 atom stereocenters. The van der Waals surface area contributed by atoms with Crippen molar-refractivity contribution in [2.45, 2.75) is 31.7 Å². The average Bonchev–Trinajstić information content (AvgIpc) is 3.03. The summed E-state index contributed by atoms with van der Waals surface area (Å²) < 4.78 is 45.6. The standard InChI is InChI=1S/C16H22F3N3O2/c17-16(18,19)24-14-1-2-15(20-9-14)21-13-3-6-22(7-4-13)10-12-5-8-23-11-12/h1-2,9,12-13H,3-8,10-11H2,(H,20,21). The summed E-state index contributed by atoms with van der Waals surface area (Å²) in [6.07, 6.45) is -0.459. The van der Waals surface area contributed by atoms with Gasteiger partial charge in [-0.15, -0.1) is 13.2 Å². The minimum atomic E-state index is -4.69. The fraction of sp³-hybridized carbons (Fsp3) is 0.688. The van der Waals surface area contributed by atoms with E-state index in [9.17, 15) is 13.2 Å². The molecule has 3 rings (SSSR count). The monoisotopic (exact) mass is 345 g/mol. The number of likely N-dealkylation sites (tertiary alicyclic amines) is 1. The molecule has 2 fully saturated rings. The third kappa shape index (κ3) is 5.24. The molecule has 1 aromatic rings. The molecule has 0 amide bonds. The molecule has 1 unspecified atom stereocenters. The van der Waals surface area contributed by atoms with Crippen molar-refractivity contribution in [2.75, 3.05) is 38.2 Å². The topological polar surface area (TPSA) is 46.6 Å². The Morgan fingerprint density at radius 2 is 2.04 bits per heavy atom. The Morgan fingerprint density at radius 1 is 1.25 bits per heavy atom. The minimum Gasteiger partial charge on any atom is -0.404 e. The van der Waals surface area contributed by atoms with Gasteiger partial charge in [0.25, 0.3) is 0 Å². The van der Waals surface area contributed by atoms with Crippen molar-refractivity contribution in [3.8, 4) is 5.75 Å². The molecule has 134 valence electrons. The molecule has 0 saturated carbocycles. The van der Waals surface area contributed by atoms with Gasteiger partial charge in [-0.3, -0.25) is 0 Å². The molecular weight excluding hydrogens is 323 g/mol. The zero-order chi connectivity index (χ0) is 17.0. The van der Waals surface area contributed by atoms with Crippen molar-refractivity contribution in [1.29, 1.82) is 0 Å². The van der Waals surface area contributed by atoms with E-state index in [2.05, 4.69) is 19.9 Å². The molecule has 24 heavy (non-hydrogen) atoms. The van der Waals surface area contributed by atoms with Crippen molar-refractivity contribution in [1.82, 2.24) is 9.88 Å². The lowest BCUT2D eigenvalue weighted by molar-refractivity contribution is -0.274. The van der Waals surface area contributed by atoms with Crippen molar-refractivity contribution >= 4 is 5.82 Å². The van der Waals surface area contributed by atoms with E-state index < -0.39 is 6.36 Å². The van der Waals surface area contributed by atoms with Gasteiger partial charge in [0.05, 0.1) is 12.8 Å². The van der Waals surface area contributed by atoms with Crippen LogP contribution in [0.15, 0.2) is 18.3 Å². The van der Waals surface area contributed by atoms with Gasteiger partial charge in [-0.25, -0.2) is 4.98 Å². The second kappa shape index (κ2) is 7.57. The fourth-order valence-electron chi connectivity index (χ4n) is 3.22. The van der Waals surface area contributed by atoms with Crippen LogP contribution in [-0.4, -0.2) is 55.1 Å². The second-order valence-corrected chi connectivity index (χ2v) is 6.38. The first-order valence-electron chi connectivity index (χ1n) is 8.26. The number of hydrogen-bond acceptors (Lipinski definition) is 5. The molecular formula is C16H22F3N3O2. The maximum atomic E-state index is 12.1. The number of piperidine rings is 1. The van der Waals surface area contributed by atoms with Crippen LogP contribution in [0.3, 0.4) is 0 Å². The Labute approximate surface area is 139 Å². The number of anilines is 1. The molecule has 5 nitrogen and oxygen atoms in total. The lowest BCUT2D eigenvalue weighted by atomic mass is 10.0. The zero-order valence-electron chi connectivity index (χ0n) is 13.4. The summed E-state index contributed by atoms with van der Waals surface area (Å²) in [6, 6.07) is 3.09. The molecule has 0 aromatic carbocycles. The van der Waals surface area contributed by atoms with Gasteiger partial charge in [-0.05, 0) is 37.3 Å². The Bertz CT molecular complexity index is 510. The lowest BCUT2D eigenvalue weighted by Crippen LogP contribution is -2.41. The van der Waals surface area contributed by atoms with Crippen molar-refractivity contribution in [2.24, 2.45) is 5.92 Å². The molecule has 0 radical (unpaired) electrons. The maximum Gasteiger partial charge on any atom is 0.573 e. The SMILES string of the molecule is FC(F)(F)Oc1ccc(NC2CCN(CC3CCOC3)CC2)nc1. The van der Waals surface area contributed by atoms with E-state index in [1.165, 1.54) is 12.1 Å². The first-order valence-corrected chi connectivity index (χ1v) is 8.26. The minimum absolute atomic E-state index is 0.294. The van der Waals surface area contributed by atoms with Crippen molar-refractivity contribution in [3.63, 3.8) is 0 Å². The van der Waals surface area contributed by atoms with E-state index in [1.54, 1.807) is 0 Å². The average molecular weight is 345 g/mol. The highest BCUT2D eigenvalue weighted by Crippen LogP contribution is 2.24. The number of pyridine rings is 1. The van der Waals surface area contributed by atoms with Crippen LogP contribution in [0.4, 0.5) is 19.0 Å². The van der Waals surface area contributed by atoms with Crippen LogP contribution in [-0.2, 0) is 4.74 Å². The molecule has 1 aromatic heterocycles. The Balaban J connectivity index is 1.42. The van der Waals surface area contributed by atoms with E-state index in [-0.39, 0.29) is 5.75 Å². The lowest BCUT2D eigenvalue weighted by Gasteiger charge is -2.33. The molecule has 1 N–H and O–H groups in total. The van der Waals surface area contributed by atoms with Crippen LogP contribution in [0.1, 0.15) is 19.3 Å². The first kappa shape index (κ1) is 17.3. The van der Waals surface area contributed by atoms with Gasteiger partial charge in [0.1, 0.15) is 11.6 Å². The summed E-state index contributed by atoms with van der Waals surface area (Å²) in [4.78, 5) is 6.46. The highest BCUT2D eigenvalue weighted by molar-refractivity contribution is 5.38. The Hall–Kier alpha value is -1.54. The molecule has 2 saturated heterocycles. The molecule has 3 heterocycles. The van der Waals surface area contributed by atoms with Crippen LogP contribution < -0.4 is 10.1 Å². The van der Waals surface area contributed by atoms with E-state index in [4.69, 9.17) is 4.74 Å². The highest BCUT2D eigenvalue weighted by atomic mass is 19.4. The van der Waals surface area contributed by atoms with Crippen LogP contribution in [0, 0.1) is 5.92 Å². The molecule has 2 aliphatic rings. The predicted octanol–water partition coefficient (Wildman–Crippen LogP) is 2.89. The van der Waals surface area contributed by atoms with Crippen molar-refractivity contribution < 1.29 is 22.6 Å². The van der Waals surface area contributed by atoms with E-state index in [0.29, 0.717) is 17.8 Å². The summed E-state index contributed by atoms with van der Waals surface area (Å²) in [5, 5.41) is 3.29. The summed E-state index contributed by atoms with van der Waals surface area (Å²) in [6.45, 7) is 4.87. The molecule has 2 aliphatic heterocycles. The Morgan fingerprint density at radius 3 is 2.62 bits per heavy atom. The van der Waals surface area contributed by atoms with Gasteiger partial charge < -0.3 is 19.7 Å². The van der Waals surface area contributed by atoms with Crippen LogP contribution in [0.2, 0.25) is 0 Å². The summed E-state index contributed by atoms with van der Waals surface area (Å²) >= 11 is 0. The molecule has 0 aliphatic carbocycles. The summed E-state index contributed by atoms with van der Waals surface area (Å²) in [5.41, 5.74) is 0. The predicted molar refractivity (Wildman–Crippen MR) is 82.9 cm³/mol. The smallest absolute Gasteiger partial charge is 0.404 e. The molecule has 8 heteroatoms. The van der Waals surface area contributed by atoms with Gasteiger partial charge in [0.15, 0.2) is 0 Å². The number of rotatable bonds is 5. The third-order valence-corrected chi connectivity index (χ3v) is 4.45. The van der Waals surface area contributed by atoms with Gasteiger partial charge in [0, 0.05) is 32.3 Å². The van der Waals surface area contributed by atoms with E-state index >= 15 is 0 Å². The normalized spacial score (nSPS) is 23.4. The van der Waals surface area contributed by atoms with Gasteiger partial charge >= 0.3 is 6.36 Å². The van der Waals surface area contributed by atoms with E-state index in [0.717, 1.165) is 58.3 Å². The summed E-state index contributed by atoms with van der Waals surface area (Å²) in [7, 11) is 0. The number of aromatic nitrogens is 1. The second-order valence-electron chi connectivity index (χ2n) is 6.38. The molecule has 0 spiro atoms. The maximum absolute atomic E-state index is 12.1. The number of hydrogen-bond donors (Lipinski definition) is 1. The Kier molecular flexibility index (Phi) is 5.45. The highest BCUT2D eigenvalue weighted by Gasteiger charge is 2.31. The number of ether oxygens (including phenoxy) is 2. The van der Waals surface area contributed by atoms with Gasteiger partial charge in [0.2, 0.25) is 0 Å². The van der Waals surface area contributed by atoms with Crippen molar-refractivity contribution in [3.05, 3.63) is 18.3 Å². The number of halogens is 3. The van der Waals surface area contributed by atoms with Gasteiger partial charge in [-0.2, -0.15) is 0 Å². The quantitative estimate of drug-likeness (QED) is 0.889. The summed E-state index contributed by atoms with van der Waals surface area (Å²) in [5.74, 6) is 0.922. The number of alkyl halides is 3. The van der Waals surface area contributed by atoms with Gasteiger partial charge in [-0.1, -0.05) is 0 Å². The molecule has 0 bridgehead atoms.